The highest BCUT2D eigenvalue weighted by Crippen LogP contribution is 2.42. The Bertz CT molecular complexity index is 425. The number of nitrogens with one attached hydrogen (secondary N) is 1. The van der Waals surface area contributed by atoms with Crippen LogP contribution >= 0.6 is 0 Å². The van der Waals surface area contributed by atoms with Gasteiger partial charge in [0.2, 0.25) is 0 Å². The summed E-state index contributed by atoms with van der Waals surface area (Å²) in [6, 6.07) is 8.83. The van der Waals surface area contributed by atoms with Crippen molar-refractivity contribution in [3.05, 3.63) is 29.8 Å². The fourth-order valence-electron chi connectivity index (χ4n) is 4.18. The molecule has 0 aromatic heterocycles. The zero-order valence-corrected chi connectivity index (χ0v) is 12.6. The Labute approximate surface area is 122 Å². The summed E-state index contributed by atoms with van der Waals surface area (Å²) in [5, 5.41) is 3.62. The summed E-state index contributed by atoms with van der Waals surface area (Å²) in [6.07, 6.45) is 7.03. The highest BCUT2D eigenvalue weighted by Gasteiger charge is 2.34. The number of hydrogen-bond donors (Lipinski definition) is 1. The molecule has 1 N–H and O–H groups in total. The first-order valence-electron chi connectivity index (χ1n) is 8.32. The molecule has 110 valence electrons. The number of piperidine rings is 1. The van der Waals surface area contributed by atoms with Gasteiger partial charge in [-0.25, -0.2) is 0 Å². The Hall–Kier alpha value is -1.02. The lowest BCUT2D eigenvalue weighted by Crippen LogP contribution is -2.38. The van der Waals surface area contributed by atoms with E-state index in [4.69, 9.17) is 4.74 Å². The molecule has 0 bridgehead atoms. The van der Waals surface area contributed by atoms with Gasteiger partial charge in [0.25, 0.3) is 0 Å². The topological polar surface area (TPSA) is 21.3 Å². The summed E-state index contributed by atoms with van der Waals surface area (Å²) in [4.78, 5) is 0. The summed E-state index contributed by atoms with van der Waals surface area (Å²) < 4.78 is 5.68. The Balaban J connectivity index is 1.79. The second-order valence-electron chi connectivity index (χ2n) is 6.31. The standard InChI is InChI=1S/C18H27NO/c1-2-20-16-9-5-8-15(12-16)17-10-11-19-13-18(17)14-6-3-4-7-14/h5,8-9,12,14,17-19H,2-4,6-7,10-11,13H2,1H3. The Kier molecular flexibility index (Phi) is 4.62. The van der Waals surface area contributed by atoms with Gasteiger partial charge in [0.1, 0.15) is 5.75 Å². The zero-order chi connectivity index (χ0) is 13.8. The van der Waals surface area contributed by atoms with Crippen molar-refractivity contribution in [1.29, 1.82) is 0 Å². The normalized spacial score (nSPS) is 27.6. The van der Waals surface area contributed by atoms with Gasteiger partial charge in [-0.15, -0.1) is 0 Å². The van der Waals surface area contributed by atoms with Crippen molar-refractivity contribution in [3.63, 3.8) is 0 Å². The molecule has 2 aliphatic rings. The predicted molar refractivity (Wildman–Crippen MR) is 83.3 cm³/mol. The van der Waals surface area contributed by atoms with Crippen LogP contribution in [0.2, 0.25) is 0 Å². The molecule has 0 amide bonds. The van der Waals surface area contributed by atoms with E-state index >= 15 is 0 Å². The molecular formula is C18H27NO. The monoisotopic (exact) mass is 273 g/mol. The molecule has 1 aromatic carbocycles. The third kappa shape index (κ3) is 3.01. The van der Waals surface area contributed by atoms with E-state index in [1.54, 1.807) is 0 Å². The van der Waals surface area contributed by atoms with Gasteiger partial charge in [-0.05, 0) is 61.9 Å². The van der Waals surface area contributed by atoms with E-state index in [-0.39, 0.29) is 0 Å². The fourth-order valence-corrected chi connectivity index (χ4v) is 4.18. The minimum Gasteiger partial charge on any atom is -0.494 e. The molecule has 2 nitrogen and oxygen atoms in total. The summed E-state index contributed by atoms with van der Waals surface area (Å²) >= 11 is 0. The molecule has 0 radical (unpaired) electrons. The van der Waals surface area contributed by atoms with Crippen LogP contribution in [0.3, 0.4) is 0 Å². The number of ether oxygens (including phenoxy) is 1. The Morgan fingerprint density at radius 3 is 2.85 bits per heavy atom. The van der Waals surface area contributed by atoms with Crippen molar-refractivity contribution in [2.75, 3.05) is 19.7 Å². The van der Waals surface area contributed by atoms with Crippen LogP contribution in [-0.2, 0) is 0 Å². The number of benzene rings is 1. The molecule has 3 rings (SSSR count). The quantitative estimate of drug-likeness (QED) is 0.896. The van der Waals surface area contributed by atoms with Gasteiger partial charge in [-0.2, -0.15) is 0 Å². The minimum absolute atomic E-state index is 0.722. The average Bonchev–Trinajstić information content (AvgIpc) is 3.02. The molecule has 2 atom stereocenters. The van der Waals surface area contributed by atoms with Gasteiger partial charge >= 0.3 is 0 Å². The van der Waals surface area contributed by atoms with Crippen molar-refractivity contribution in [3.8, 4) is 5.75 Å². The highest BCUT2D eigenvalue weighted by atomic mass is 16.5. The van der Waals surface area contributed by atoms with Crippen molar-refractivity contribution in [1.82, 2.24) is 5.32 Å². The number of rotatable bonds is 4. The Morgan fingerprint density at radius 1 is 1.20 bits per heavy atom. The molecule has 20 heavy (non-hydrogen) atoms. The van der Waals surface area contributed by atoms with E-state index < -0.39 is 0 Å². The molecule has 0 spiro atoms. The molecular weight excluding hydrogens is 246 g/mol. The van der Waals surface area contributed by atoms with Crippen LogP contribution in [0.15, 0.2) is 24.3 Å². The van der Waals surface area contributed by atoms with E-state index in [0.717, 1.165) is 36.7 Å². The average molecular weight is 273 g/mol. The van der Waals surface area contributed by atoms with Gasteiger partial charge in [0, 0.05) is 0 Å². The maximum atomic E-state index is 5.68. The molecule has 1 aliphatic heterocycles. The predicted octanol–water partition coefficient (Wildman–Crippen LogP) is 3.97. The van der Waals surface area contributed by atoms with Crippen LogP contribution in [0.5, 0.6) is 5.75 Å². The second kappa shape index (κ2) is 6.62. The summed E-state index contributed by atoms with van der Waals surface area (Å²) in [5.74, 6) is 3.51. The van der Waals surface area contributed by atoms with Crippen molar-refractivity contribution < 1.29 is 4.74 Å². The second-order valence-corrected chi connectivity index (χ2v) is 6.31. The first-order chi connectivity index (χ1) is 9.88. The van der Waals surface area contributed by atoms with Crippen molar-refractivity contribution >= 4 is 0 Å². The molecule has 2 unspecified atom stereocenters. The summed E-state index contributed by atoms with van der Waals surface area (Å²) in [6.45, 7) is 5.17. The van der Waals surface area contributed by atoms with E-state index in [2.05, 4.69) is 36.5 Å². The summed E-state index contributed by atoms with van der Waals surface area (Å²) in [5.41, 5.74) is 1.49. The molecule has 1 saturated carbocycles. The Morgan fingerprint density at radius 2 is 2.05 bits per heavy atom. The first kappa shape index (κ1) is 13.9. The molecule has 1 saturated heterocycles. The van der Waals surface area contributed by atoms with Gasteiger partial charge in [-0.1, -0.05) is 37.8 Å². The van der Waals surface area contributed by atoms with Gasteiger partial charge in [-0.3, -0.25) is 0 Å². The van der Waals surface area contributed by atoms with Gasteiger partial charge < -0.3 is 10.1 Å². The first-order valence-corrected chi connectivity index (χ1v) is 8.32. The van der Waals surface area contributed by atoms with E-state index in [0.29, 0.717) is 0 Å². The molecule has 2 heteroatoms. The molecule has 1 aliphatic carbocycles. The maximum Gasteiger partial charge on any atom is 0.119 e. The third-order valence-electron chi connectivity index (χ3n) is 5.13. The van der Waals surface area contributed by atoms with Crippen molar-refractivity contribution in [2.24, 2.45) is 11.8 Å². The molecule has 1 aromatic rings. The van der Waals surface area contributed by atoms with Crippen LogP contribution in [0.25, 0.3) is 0 Å². The molecule has 2 fully saturated rings. The highest BCUT2D eigenvalue weighted by molar-refractivity contribution is 5.32. The summed E-state index contributed by atoms with van der Waals surface area (Å²) in [7, 11) is 0. The SMILES string of the molecule is CCOc1cccc(C2CCNCC2C2CCCC2)c1. The lowest BCUT2D eigenvalue weighted by molar-refractivity contribution is 0.230. The van der Waals surface area contributed by atoms with Crippen LogP contribution < -0.4 is 10.1 Å². The largest absolute Gasteiger partial charge is 0.494 e. The van der Waals surface area contributed by atoms with Crippen LogP contribution in [0.4, 0.5) is 0 Å². The van der Waals surface area contributed by atoms with E-state index in [9.17, 15) is 0 Å². The number of hydrogen-bond acceptors (Lipinski definition) is 2. The van der Waals surface area contributed by atoms with Crippen molar-refractivity contribution in [2.45, 2.75) is 44.9 Å². The van der Waals surface area contributed by atoms with Crippen LogP contribution in [0, 0.1) is 11.8 Å². The maximum absolute atomic E-state index is 5.68. The van der Waals surface area contributed by atoms with Gasteiger partial charge in [0.05, 0.1) is 6.61 Å². The third-order valence-corrected chi connectivity index (χ3v) is 5.13. The van der Waals surface area contributed by atoms with E-state index in [1.165, 1.54) is 44.2 Å². The zero-order valence-electron chi connectivity index (χ0n) is 12.6. The molecule has 1 heterocycles. The minimum atomic E-state index is 0.722. The smallest absolute Gasteiger partial charge is 0.119 e. The lowest BCUT2D eigenvalue weighted by Gasteiger charge is -2.36. The van der Waals surface area contributed by atoms with E-state index in [1.807, 2.05) is 0 Å². The van der Waals surface area contributed by atoms with Gasteiger partial charge in [0.15, 0.2) is 0 Å². The van der Waals surface area contributed by atoms with Crippen LogP contribution in [-0.4, -0.2) is 19.7 Å². The lowest BCUT2D eigenvalue weighted by atomic mass is 9.73. The fraction of sp³-hybridized carbons (Fsp3) is 0.667. The van der Waals surface area contributed by atoms with Crippen LogP contribution in [0.1, 0.15) is 50.5 Å².